The minimum absolute atomic E-state index is 0.141. The molecule has 1 unspecified atom stereocenters. The van der Waals surface area contributed by atoms with Gasteiger partial charge in [-0.25, -0.2) is 0 Å². The number of benzene rings is 2. The lowest BCUT2D eigenvalue weighted by molar-refractivity contribution is 0.0987. The van der Waals surface area contributed by atoms with Gasteiger partial charge in [0, 0.05) is 5.56 Å². The van der Waals surface area contributed by atoms with E-state index in [0.717, 1.165) is 0 Å². The molecule has 0 saturated heterocycles. The zero-order valence-electron chi connectivity index (χ0n) is 9.01. The number of Topliss-reactive ketones (excluding diaryl/α,β-unsaturated/α-hetero) is 1. The van der Waals surface area contributed by atoms with Crippen molar-refractivity contribution in [3.8, 4) is 5.75 Å². The van der Waals surface area contributed by atoms with Gasteiger partial charge in [-0.2, -0.15) is 0 Å². The number of hydrogen-bond acceptors (Lipinski definition) is 2. The monoisotopic (exact) mass is 246 g/mol. The topological polar surface area (TPSA) is 37.3 Å². The maximum Gasteiger partial charge on any atom is 0.185 e. The predicted molar refractivity (Wildman–Crippen MR) is 67.5 cm³/mol. The van der Waals surface area contributed by atoms with Gasteiger partial charge in [0.2, 0.25) is 0 Å². The zero-order chi connectivity index (χ0) is 12.3. The molecule has 0 bridgehead atoms. The van der Waals surface area contributed by atoms with Crippen LogP contribution in [0.25, 0.3) is 0 Å². The first kappa shape index (κ1) is 11.7. The summed E-state index contributed by atoms with van der Waals surface area (Å²) in [5, 5.41) is 8.44. The lowest BCUT2D eigenvalue weighted by atomic mass is 10.0. The minimum Gasteiger partial charge on any atom is -0.508 e. The molecule has 0 heterocycles. The molecule has 86 valence electrons. The zero-order valence-corrected chi connectivity index (χ0v) is 9.76. The molecule has 2 rings (SSSR count). The van der Waals surface area contributed by atoms with E-state index in [0.29, 0.717) is 11.1 Å². The van der Waals surface area contributed by atoms with Crippen molar-refractivity contribution in [1.82, 2.24) is 0 Å². The van der Waals surface area contributed by atoms with Crippen molar-refractivity contribution in [3.05, 3.63) is 65.7 Å². The highest BCUT2D eigenvalue weighted by Gasteiger charge is 2.18. The number of phenolic OH excluding ortho intramolecular Hbond substituents is 1. The van der Waals surface area contributed by atoms with Crippen LogP contribution in [0.4, 0.5) is 0 Å². The fourth-order valence-electron chi connectivity index (χ4n) is 1.54. The van der Waals surface area contributed by atoms with Gasteiger partial charge in [-0.05, 0) is 17.7 Å². The van der Waals surface area contributed by atoms with Crippen molar-refractivity contribution in [2.75, 3.05) is 0 Å². The molecule has 0 fully saturated rings. The van der Waals surface area contributed by atoms with E-state index in [1.54, 1.807) is 36.4 Å². The van der Waals surface area contributed by atoms with Crippen LogP contribution in [0.2, 0.25) is 0 Å². The van der Waals surface area contributed by atoms with Crippen molar-refractivity contribution in [1.29, 1.82) is 0 Å². The Morgan fingerprint density at radius 3 is 2.18 bits per heavy atom. The quantitative estimate of drug-likeness (QED) is 0.664. The van der Waals surface area contributed by atoms with E-state index in [4.69, 9.17) is 16.7 Å². The smallest absolute Gasteiger partial charge is 0.185 e. The average molecular weight is 247 g/mol. The number of rotatable bonds is 3. The summed E-state index contributed by atoms with van der Waals surface area (Å²) in [6.45, 7) is 0. The molecule has 1 N–H and O–H groups in total. The Labute approximate surface area is 104 Å². The molecule has 0 aliphatic carbocycles. The number of aromatic hydroxyl groups is 1. The van der Waals surface area contributed by atoms with Gasteiger partial charge in [-0.1, -0.05) is 42.5 Å². The highest BCUT2D eigenvalue weighted by Crippen LogP contribution is 2.26. The van der Waals surface area contributed by atoms with E-state index < -0.39 is 5.38 Å². The summed E-state index contributed by atoms with van der Waals surface area (Å²) in [4.78, 5) is 12.0. The Balaban J connectivity index is 2.23. The van der Waals surface area contributed by atoms with E-state index in [9.17, 15) is 4.79 Å². The highest BCUT2D eigenvalue weighted by atomic mass is 35.5. The van der Waals surface area contributed by atoms with Gasteiger partial charge in [-0.3, -0.25) is 4.79 Å². The molecule has 0 amide bonds. The van der Waals surface area contributed by atoms with Crippen LogP contribution in [0, 0.1) is 0 Å². The van der Waals surface area contributed by atoms with Gasteiger partial charge in [0.05, 0.1) is 0 Å². The number of ketones is 1. The first-order valence-electron chi connectivity index (χ1n) is 5.21. The Hall–Kier alpha value is -1.80. The van der Waals surface area contributed by atoms with E-state index in [2.05, 4.69) is 0 Å². The summed E-state index contributed by atoms with van der Waals surface area (Å²) in [5.74, 6) is 0.0164. The van der Waals surface area contributed by atoms with Gasteiger partial charge < -0.3 is 5.11 Å². The molecule has 2 aromatic rings. The van der Waals surface area contributed by atoms with Crippen LogP contribution >= 0.6 is 11.6 Å². The molecule has 0 saturated carbocycles. The second-order valence-corrected chi connectivity index (χ2v) is 4.12. The Bertz CT molecular complexity index is 506. The maximum absolute atomic E-state index is 12.0. The van der Waals surface area contributed by atoms with E-state index in [1.807, 2.05) is 6.07 Å². The lowest BCUT2D eigenvalue weighted by Crippen LogP contribution is -2.07. The Morgan fingerprint density at radius 1 is 1.00 bits per heavy atom. The number of carbonyl (C=O) groups is 1. The first-order valence-corrected chi connectivity index (χ1v) is 5.64. The van der Waals surface area contributed by atoms with E-state index in [1.165, 1.54) is 12.1 Å². The van der Waals surface area contributed by atoms with Gasteiger partial charge in [0.1, 0.15) is 11.1 Å². The average Bonchev–Trinajstić information content (AvgIpc) is 2.39. The van der Waals surface area contributed by atoms with Crippen molar-refractivity contribution in [3.63, 3.8) is 0 Å². The summed E-state index contributed by atoms with van der Waals surface area (Å²) < 4.78 is 0. The standard InChI is InChI=1S/C14H11ClO2/c15-13(10-6-8-12(16)9-7-10)14(17)11-4-2-1-3-5-11/h1-9,13,16H. The molecular weight excluding hydrogens is 236 g/mol. The van der Waals surface area contributed by atoms with E-state index >= 15 is 0 Å². The van der Waals surface area contributed by atoms with Gasteiger partial charge >= 0.3 is 0 Å². The lowest BCUT2D eigenvalue weighted by Gasteiger charge is -2.08. The summed E-state index contributed by atoms with van der Waals surface area (Å²) in [6, 6.07) is 15.2. The molecule has 0 aliphatic rings. The molecular formula is C14H11ClO2. The molecule has 0 aliphatic heterocycles. The predicted octanol–water partition coefficient (Wildman–Crippen LogP) is 3.56. The third-order valence-corrected chi connectivity index (χ3v) is 2.92. The van der Waals surface area contributed by atoms with Crippen LogP contribution in [-0.4, -0.2) is 10.9 Å². The number of halogens is 1. The van der Waals surface area contributed by atoms with E-state index in [-0.39, 0.29) is 11.5 Å². The third kappa shape index (κ3) is 2.66. The second-order valence-electron chi connectivity index (χ2n) is 3.68. The third-order valence-electron chi connectivity index (χ3n) is 2.47. The first-order chi connectivity index (χ1) is 8.18. The SMILES string of the molecule is O=C(c1ccccc1)C(Cl)c1ccc(O)cc1. The van der Waals surface area contributed by atoms with Crippen LogP contribution in [0.3, 0.4) is 0 Å². The summed E-state index contributed by atoms with van der Waals surface area (Å²) in [5.41, 5.74) is 1.26. The molecule has 0 spiro atoms. The van der Waals surface area contributed by atoms with Crippen LogP contribution in [0.5, 0.6) is 5.75 Å². The number of hydrogen-bond donors (Lipinski definition) is 1. The van der Waals surface area contributed by atoms with Crippen molar-refractivity contribution in [2.45, 2.75) is 5.38 Å². The molecule has 17 heavy (non-hydrogen) atoms. The number of phenols is 1. The summed E-state index contributed by atoms with van der Waals surface area (Å²) >= 11 is 6.11. The van der Waals surface area contributed by atoms with Crippen LogP contribution < -0.4 is 0 Å². The summed E-state index contributed by atoms with van der Waals surface area (Å²) in [6.07, 6.45) is 0. The normalized spacial score (nSPS) is 12.1. The molecule has 0 aromatic heterocycles. The molecule has 2 nitrogen and oxygen atoms in total. The van der Waals surface area contributed by atoms with Crippen molar-refractivity contribution in [2.24, 2.45) is 0 Å². The largest absolute Gasteiger partial charge is 0.508 e. The van der Waals surface area contributed by atoms with Crippen LogP contribution in [-0.2, 0) is 0 Å². The maximum atomic E-state index is 12.0. The minimum atomic E-state index is -0.724. The van der Waals surface area contributed by atoms with Crippen LogP contribution in [0.1, 0.15) is 21.3 Å². The van der Waals surface area contributed by atoms with Crippen molar-refractivity contribution < 1.29 is 9.90 Å². The summed E-state index contributed by atoms with van der Waals surface area (Å²) in [7, 11) is 0. The Kier molecular flexibility index (Phi) is 3.45. The van der Waals surface area contributed by atoms with Crippen molar-refractivity contribution >= 4 is 17.4 Å². The van der Waals surface area contributed by atoms with Crippen LogP contribution in [0.15, 0.2) is 54.6 Å². The fraction of sp³-hybridized carbons (Fsp3) is 0.0714. The molecule has 2 aromatic carbocycles. The molecule has 1 atom stereocenters. The fourth-order valence-corrected chi connectivity index (χ4v) is 1.81. The van der Waals surface area contributed by atoms with Gasteiger partial charge in [-0.15, -0.1) is 11.6 Å². The number of carbonyl (C=O) groups excluding carboxylic acids is 1. The van der Waals surface area contributed by atoms with Gasteiger partial charge in [0.25, 0.3) is 0 Å². The Morgan fingerprint density at radius 2 is 1.59 bits per heavy atom. The highest BCUT2D eigenvalue weighted by molar-refractivity contribution is 6.33. The van der Waals surface area contributed by atoms with Gasteiger partial charge in [0.15, 0.2) is 5.78 Å². The number of alkyl halides is 1. The molecule has 0 radical (unpaired) electrons. The molecule has 3 heteroatoms. The second kappa shape index (κ2) is 5.02.